The minimum absolute atomic E-state index is 0. The highest BCUT2D eigenvalue weighted by atomic mass is 35.5. The minimum Gasteiger partial charge on any atom is -0.328 e. The van der Waals surface area contributed by atoms with Crippen molar-refractivity contribution >= 4 is 22.4 Å². The summed E-state index contributed by atoms with van der Waals surface area (Å²) in [7, 11) is -3.01. The molecule has 2 aliphatic carbocycles. The van der Waals surface area contributed by atoms with E-state index in [1.54, 1.807) is 0 Å². The topological polar surface area (TPSA) is 72.2 Å². The Kier molecular flexibility index (Phi) is 3.17. The number of halogens is 1. The Labute approximate surface area is 91.1 Å². The summed E-state index contributed by atoms with van der Waals surface area (Å²) in [6.45, 7) is 0. The van der Waals surface area contributed by atoms with Gasteiger partial charge in [-0.2, -0.15) is 0 Å². The zero-order valence-corrected chi connectivity index (χ0v) is 9.83. The summed E-state index contributed by atoms with van der Waals surface area (Å²) in [6, 6.07) is 0.529. The number of sulfonamides is 1. The number of nitrogens with one attached hydrogen (secondary N) is 1. The molecule has 0 aromatic heterocycles. The minimum atomic E-state index is -3.01. The first-order valence-electron chi connectivity index (χ1n) is 4.61. The van der Waals surface area contributed by atoms with Crippen molar-refractivity contribution in [2.24, 2.45) is 11.1 Å². The van der Waals surface area contributed by atoms with Gasteiger partial charge in [-0.25, -0.2) is 13.1 Å². The van der Waals surface area contributed by atoms with Crippen molar-refractivity contribution in [2.75, 3.05) is 6.26 Å². The van der Waals surface area contributed by atoms with Gasteiger partial charge in [0, 0.05) is 12.1 Å². The summed E-state index contributed by atoms with van der Waals surface area (Å²) in [4.78, 5) is 0. The predicted octanol–water partition coefficient (Wildman–Crippen LogP) is 0.227. The van der Waals surface area contributed by atoms with E-state index < -0.39 is 10.0 Å². The molecule has 0 saturated heterocycles. The van der Waals surface area contributed by atoms with Crippen molar-refractivity contribution in [3.05, 3.63) is 0 Å². The average Bonchev–Trinajstić information content (AvgIpc) is 1.76. The Bertz CT molecular complexity index is 303. The third kappa shape index (κ3) is 2.39. The van der Waals surface area contributed by atoms with Gasteiger partial charge in [-0.15, -0.1) is 12.4 Å². The van der Waals surface area contributed by atoms with Crippen molar-refractivity contribution in [3.63, 3.8) is 0 Å². The van der Waals surface area contributed by atoms with Crippen molar-refractivity contribution in [3.8, 4) is 0 Å². The zero-order chi connectivity index (χ0) is 9.69. The number of hydrogen-bond donors (Lipinski definition) is 2. The fourth-order valence-electron chi connectivity index (χ4n) is 2.76. The fraction of sp³-hybridized carbons (Fsp3) is 1.00. The van der Waals surface area contributed by atoms with Gasteiger partial charge in [0.15, 0.2) is 0 Å². The van der Waals surface area contributed by atoms with Crippen LogP contribution in [0.15, 0.2) is 0 Å². The van der Waals surface area contributed by atoms with Crippen LogP contribution >= 0.6 is 12.4 Å². The predicted molar refractivity (Wildman–Crippen MR) is 57.9 cm³/mol. The van der Waals surface area contributed by atoms with Crippen molar-refractivity contribution in [1.82, 2.24) is 4.72 Å². The number of nitrogens with two attached hydrogens (primary N) is 1. The number of hydrogen-bond acceptors (Lipinski definition) is 3. The van der Waals surface area contributed by atoms with E-state index in [-0.39, 0.29) is 18.4 Å². The zero-order valence-electron chi connectivity index (χ0n) is 8.19. The molecule has 2 fully saturated rings. The normalized spacial score (nSPS) is 41.0. The van der Waals surface area contributed by atoms with Gasteiger partial charge in [0.25, 0.3) is 0 Å². The molecule has 3 N–H and O–H groups in total. The van der Waals surface area contributed by atoms with E-state index in [1.807, 2.05) is 0 Å². The average molecular weight is 241 g/mol. The second kappa shape index (κ2) is 3.63. The molecule has 0 radical (unpaired) electrons. The molecular formula is C8H17ClN2O2S. The molecule has 2 aliphatic rings. The molecule has 2 rings (SSSR count). The molecule has 84 valence electrons. The molecule has 6 heteroatoms. The van der Waals surface area contributed by atoms with Crippen molar-refractivity contribution in [2.45, 2.75) is 37.8 Å². The number of rotatable bonds is 2. The fourth-order valence-corrected chi connectivity index (χ4v) is 3.53. The van der Waals surface area contributed by atoms with Crippen LogP contribution in [0.25, 0.3) is 0 Å². The molecule has 0 aromatic rings. The molecule has 0 aliphatic heterocycles. The van der Waals surface area contributed by atoms with Gasteiger partial charge in [0.05, 0.1) is 6.26 Å². The highest BCUT2D eigenvalue weighted by Crippen LogP contribution is 2.55. The van der Waals surface area contributed by atoms with Crippen LogP contribution in [0.4, 0.5) is 0 Å². The molecule has 0 bridgehead atoms. The lowest BCUT2D eigenvalue weighted by molar-refractivity contribution is -0.0105. The monoisotopic (exact) mass is 240 g/mol. The summed E-state index contributed by atoms with van der Waals surface area (Å²) in [5.41, 5.74) is 6.10. The second-order valence-electron chi connectivity index (χ2n) is 4.66. The van der Waals surface area contributed by atoms with Crippen LogP contribution in [0.2, 0.25) is 0 Å². The Hall–Kier alpha value is 0.160. The van der Waals surface area contributed by atoms with Gasteiger partial charge < -0.3 is 5.73 Å². The van der Waals surface area contributed by atoms with Crippen LogP contribution < -0.4 is 10.5 Å². The van der Waals surface area contributed by atoms with E-state index in [1.165, 1.54) is 6.26 Å². The Morgan fingerprint density at radius 3 is 2.14 bits per heavy atom. The summed E-state index contributed by atoms with van der Waals surface area (Å²) >= 11 is 0. The SMILES string of the molecule is CS(=O)(=O)NC1CC2(CC(N)C2)C1.Cl. The maximum absolute atomic E-state index is 10.9. The molecule has 2 saturated carbocycles. The lowest BCUT2D eigenvalue weighted by Crippen LogP contribution is -2.59. The molecule has 0 heterocycles. The molecule has 0 atom stereocenters. The molecule has 0 unspecified atom stereocenters. The largest absolute Gasteiger partial charge is 0.328 e. The standard InChI is InChI=1S/C8H16N2O2S.ClH/c1-13(11,12)10-7-4-8(5-7)2-6(9)3-8;/h6-7,10H,2-5,9H2,1H3;1H. The van der Waals surface area contributed by atoms with Gasteiger partial charge in [0.1, 0.15) is 0 Å². The molecule has 0 amide bonds. The van der Waals surface area contributed by atoms with E-state index in [9.17, 15) is 8.42 Å². The molecule has 0 aromatic carbocycles. The summed E-state index contributed by atoms with van der Waals surface area (Å²) in [5, 5.41) is 0. The molecule has 1 spiro atoms. The Morgan fingerprint density at radius 1 is 1.29 bits per heavy atom. The maximum atomic E-state index is 10.9. The smallest absolute Gasteiger partial charge is 0.208 e. The highest BCUT2D eigenvalue weighted by molar-refractivity contribution is 7.88. The molecule has 14 heavy (non-hydrogen) atoms. The van der Waals surface area contributed by atoms with Crippen molar-refractivity contribution in [1.29, 1.82) is 0 Å². The highest BCUT2D eigenvalue weighted by Gasteiger charge is 2.52. The van der Waals surface area contributed by atoms with Gasteiger partial charge in [0.2, 0.25) is 10.0 Å². The van der Waals surface area contributed by atoms with Crippen LogP contribution in [0.3, 0.4) is 0 Å². The van der Waals surface area contributed by atoms with Crippen LogP contribution in [-0.2, 0) is 10.0 Å². The van der Waals surface area contributed by atoms with E-state index in [2.05, 4.69) is 4.72 Å². The summed E-state index contributed by atoms with van der Waals surface area (Å²) in [6.07, 6.45) is 5.33. The molecule has 4 nitrogen and oxygen atoms in total. The third-order valence-corrected chi connectivity index (χ3v) is 3.89. The van der Waals surface area contributed by atoms with Crippen LogP contribution in [0.1, 0.15) is 25.7 Å². The lowest BCUT2D eigenvalue weighted by atomic mass is 9.52. The van der Waals surface area contributed by atoms with Crippen LogP contribution in [0, 0.1) is 5.41 Å². The van der Waals surface area contributed by atoms with E-state index >= 15 is 0 Å². The Morgan fingerprint density at radius 2 is 1.79 bits per heavy atom. The Balaban J connectivity index is 0.000000980. The van der Waals surface area contributed by atoms with Crippen LogP contribution in [-0.4, -0.2) is 26.8 Å². The molecular weight excluding hydrogens is 224 g/mol. The summed E-state index contributed by atoms with van der Waals surface area (Å²) in [5.74, 6) is 0. The third-order valence-electron chi connectivity index (χ3n) is 3.13. The van der Waals surface area contributed by atoms with Gasteiger partial charge in [-0.05, 0) is 31.1 Å². The first kappa shape index (κ1) is 12.2. The second-order valence-corrected chi connectivity index (χ2v) is 6.44. The lowest BCUT2D eigenvalue weighted by Gasteiger charge is -2.56. The summed E-state index contributed by atoms with van der Waals surface area (Å²) < 4.78 is 24.4. The van der Waals surface area contributed by atoms with Crippen LogP contribution in [0.5, 0.6) is 0 Å². The van der Waals surface area contributed by atoms with Gasteiger partial charge in [-0.3, -0.25) is 0 Å². The first-order valence-corrected chi connectivity index (χ1v) is 6.51. The quantitative estimate of drug-likeness (QED) is 0.726. The van der Waals surface area contributed by atoms with Crippen molar-refractivity contribution < 1.29 is 8.42 Å². The first-order chi connectivity index (χ1) is 5.89. The maximum Gasteiger partial charge on any atom is 0.208 e. The van der Waals surface area contributed by atoms with Gasteiger partial charge in [-0.1, -0.05) is 0 Å². The van der Waals surface area contributed by atoms with E-state index in [0.29, 0.717) is 11.5 Å². The van der Waals surface area contributed by atoms with E-state index in [4.69, 9.17) is 5.73 Å². The van der Waals surface area contributed by atoms with Gasteiger partial charge >= 0.3 is 0 Å². The van der Waals surface area contributed by atoms with E-state index in [0.717, 1.165) is 25.7 Å².